The van der Waals surface area contributed by atoms with Crippen molar-refractivity contribution in [3.8, 4) is 28.5 Å². The Bertz CT molecular complexity index is 1620. The van der Waals surface area contributed by atoms with Crippen molar-refractivity contribution < 1.29 is 0 Å². The molecule has 0 aliphatic carbocycles. The first-order valence-corrected chi connectivity index (χ1v) is 11.6. The van der Waals surface area contributed by atoms with Gasteiger partial charge in [0.1, 0.15) is 0 Å². The second-order valence-electron chi connectivity index (χ2n) is 8.17. The molecule has 35 heavy (non-hydrogen) atoms. The Hall–Kier alpha value is -4.78. The van der Waals surface area contributed by atoms with Crippen LogP contribution in [0, 0.1) is 0 Å². The topological polar surface area (TPSA) is 76.7 Å². The average Bonchev–Trinajstić information content (AvgIpc) is 3.65. The Kier molecular flexibility index (Phi) is 5.27. The predicted octanol–water partition coefficient (Wildman–Crippen LogP) is 5.72. The van der Waals surface area contributed by atoms with Crippen molar-refractivity contribution in [3.63, 3.8) is 0 Å². The zero-order valence-electron chi connectivity index (χ0n) is 19.2. The van der Waals surface area contributed by atoms with Crippen molar-refractivity contribution in [1.82, 2.24) is 29.6 Å². The first kappa shape index (κ1) is 20.8. The Morgan fingerprint density at radius 1 is 0.857 bits per heavy atom. The van der Waals surface area contributed by atoms with Gasteiger partial charge < -0.3 is 4.98 Å². The van der Waals surface area contributed by atoms with E-state index in [1.165, 1.54) is 0 Å². The Morgan fingerprint density at radius 3 is 2.34 bits per heavy atom. The van der Waals surface area contributed by atoms with Crippen LogP contribution < -0.4 is 0 Å². The van der Waals surface area contributed by atoms with E-state index >= 15 is 0 Å². The van der Waals surface area contributed by atoms with Gasteiger partial charge in [0, 0.05) is 40.2 Å². The van der Waals surface area contributed by atoms with Gasteiger partial charge in [-0.15, -0.1) is 10.2 Å². The molecule has 0 saturated heterocycles. The molecule has 0 fully saturated rings. The largest absolute Gasteiger partial charge is 0.361 e. The maximum atomic E-state index is 4.94. The highest BCUT2D eigenvalue weighted by Crippen LogP contribution is 2.28. The van der Waals surface area contributed by atoms with E-state index in [1.807, 2.05) is 72.5 Å². The number of aromatic amines is 1. The molecular weight excluding hydrogens is 434 g/mol. The van der Waals surface area contributed by atoms with E-state index in [-0.39, 0.29) is 0 Å². The SMILES string of the molecule is CCc1nnc(-n2nc(-c3ccccc3)cc2-c2ccccc2)n1/N=C\c1c[nH]c2ccccc12. The van der Waals surface area contributed by atoms with E-state index in [1.54, 1.807) is 4.68 Å². The number of aromatic nitrogens is 6. The first-order chi connectivity index (χ1) is 17.3. The number of aryl methyl sites for hydroxylation is 1. The summed E-state index contributed by atoms with van der Waals surface area (Å²) in [5.41, 5.74) is 5.92. The van der Waals surface area contributed by atoms with Crippen molar-refractivity contribution in [1.29, 1.82) is 0 Å². The number of benzene rings is 3. The van der Waals surface area contributed by atoms with Gasteiger partial charge in [0.05, 0.1) is 17.6 Å². The fourth-order valence-electron chi connectivity index (χ4n) is 4.19. The number of rotatable bonds is 6. The summed E-state index contributed by atoms with van der Waals surface area (Å²) in [5, 5.41) is 19.8. The summed E-state index contributed by atoms with van der Waals surface area (Å²) in [6.45, 7) is 2.04. The van der Waals surface area contributed by atoms with Crippen molar-refractivity contribution in [3.05, 3.63) is 109 Å². The summed E-state index contributed by atoms with van der Waals surface area (Å²) >= 11 is 0. The number of H-pyrrole nitrogens is 1. The Labute approximate surface area is 202 Å². The van der Waals surface area contributed by atoms with Gasteiger partial charge in [-0.25, -0.2) is 0 Å². The van der Waals surface area contributed by atoms with E-state index in [9.17, 15) is 0 Å². The van der Waals surface area contributed by atoms with Crippen molar-refractivity contribution in [2.75, 3.05) is 0 Å². The molecule has 0 aliphatic rings. The molecule has 7 nitrogen and oxygen atoms in total. The lowest BCUT2D eigenvalue weighted by molar-refractivity contribution is 0.719. The highest BCUT2D eigenvalue weighted by Gasteiger charge is 2.19. The number of hydrogen-bond donors (Lipinski definition) is 1. The quantitative estimate of drug-likeness (QED) is 0.325. The lowest BCUT2D eigenvalue weighted by Crippen LogP contribution is -2.08. The van der Waals surface area contributed by atoms with Crippen molar-refractivity contribution in [2.24, 2.45) is 5.10 Å². The number of nitrogens with zero attached hydrogens (tertiary/aromatic N) is 6. The van der Waals surface area contributed by atoms with Gasteiger partial charge in [0.25, 0.3) is 5.95 Å². The van der Waals surface area contributed by atoms with Crippen LogP contribution in [0.3, 0.4) is 0 Å². The van der Waals surface area contributed by atoms with Crippen LogP contribution >= 0.6 is 0 Å². The molecule has 1 N–H and O–H groups in total. The molecule has 6 rings (SSSR count). The van der Waals surface area contributed by atoms with Crippen LogP contribution in [0.2, 0.25) is 0 Å². The summed E-state index contributed by atoms with van der Waals surface area (Å²) in [6.07, 6.45) is 4.49. The molecule has 0 aliphatic heterocycles. The zero-order valence-corrected chi connectivity index (χ0v) is 19.2. The second-order valence-corrected chi connectivity index (χ2v) is 8.17. The molecule has 170 valence electrons. The third-order valence-corrected chi connectivity index (χ3v) is 5.98. The molecule has 6 aromatic rings. The summed E-state index contributed by atoms with van der Waals surface area (Å²) in [4.78, 5) is 3.30. The lowest BCUT2D eigenvalue weighted by Gasteiger charge is -2.07. The minimum Gasteiger partial charge on any atom is -0.361 e. The fourth-order valence-corrected chi connectivity index (χ4v) is 4.19. The molecule has 0 bridgehead atoms. The van der Waals surface area contributed by atoms with Gasteiger partial charge in [-0.3, -0.25) is 0 Å². The maximum absolute atomic E-state index is 4.94. The molecule has 7 heteroatoms. The molecule has 3 aromatic carbocycles. The number of fused-ring (bicyclic) bond motifs is 1. The normalized spacial score (nSPS) is 11.6. The third kappa shape index (κ3) is 3.83. The second kappa shape index (κ2) is 8.87. The summed E-state index contributed by atoms with van der Waals surface area (Å²) < 4.78 is 3.60. The van der Waals surface area contributed by atoms with Crippen LogP contribution in [0.25, 0.3) is 39.4 Å². The van der Waals surface area contributed by atoms with Gasteiger partial charge >= 0.3 is 0 Å². The molecule has 0 spiro atoms. The van der Waals surface area contributed by atoms with E-state index in [4.69, 9.17) is 10.2 Å². The predicted molar refractivity (Wildman–Crippen MR) is 139 cm³/mol. The van der Waals surface area contributed by atoms with E-state index in [2.05, 4.69) is 57.6 Å². The number of hydrogen-bond acceptors (Lipinski definition) is 4. The molecule has 0 amide bonds. The molecule has 0 radical (unpaired) electrons. The van der Waals surface area contributed by atoms with Crippen molar-refractivity contribution >= 4 is 17.1 Å². The molecule has 3 heterocycles. The lowest BCUT2D eigenvalue weighted by atomic mass is 10.1. The Balaban J connectivity index is 1.50. The van der Waals surface area contributed by atoms with Crippen LogP contribution in [0.1, 0.15) is 18.3 Å². The summed E-state index contributed by atoms with van der Waals surface area (Å²) in [7, 11) is 0. The van der Waals surface area contributed by atoms with Gasteiger partial charge in [-0.1, -0.05) is 85.8 Å². The summed E-state index contributed by atoms with van der Waals surface area (Å²) in [5.74, 6) is 1.30. The van der Waals surface area contributed by atoms with Crippen LogP contribution in [0.5, 0.6) is 0 Å². The highest BCUT2D eigenvalue weighted by molar-refractivity contribution is 5.98. The van der Waals surface area contributed by atoms with E-state index in [0.717, 1.165) is 44.8 Å². The van der Waals surface area contributed by atoms with Crippen LogP contribution in [0.4, 0.5) is 0 Å². The van der Waals surface area contributed by atoms with Gasteiger partial charge in [0.15, 0.2) is 5.82 Å². The van der Waals surface area contributed by atoms with Crippen LogP contribution in [0.15, 0.2) is 102 Å². The van der Waals surface area contributed by atoms with Crippen molar-refractivity contribution in [2.45, 2.75) is 13.3 Å². The van der Waals surface area contributed by atoms with Gasteiger partial charge in [-0.2, -0.15) is 19.6 Å². The minimum atomic E-state index is 0.541. The van der Waals surface area contributed by atoms with E-state index < -0.39 is 0 Å². The average molecular weight is 458 g/mol. The monoisotopic (exact) mass is 457 g/mol. The number of para-hydroxylation sites is 1. The fraction of sp³-hybridized carbons (Fsp3) is 0.0714. The molecular formula is C28H23N7. The minimum absolute atomic E-state index is 0.541. The van der Waals surface area contributed by atoms with Crippen LogP contribution in [-0.2, 0) is 6.42 Å². The van der Waals surface area contributed by atoms with Crippen LogP contribution in [-0.4, -0.2) is 35.9 Å². The highest BCUT2D eigenvalue weighted by atomic mass is 15.5. The van der Waals surface area contributed by atoms with Gasteiger partial charge in [-0.05, 0) is 12.1 Å². The number of nitrogens with one attached hydrogen (secondary N) is 1. The standard InChI is InChI=1S/C28H23N7/c1-2-27-31-32-28(35(27)30-19-22-18-29-24-16-10-9-15-23(22)24)34-26(21-13-7-4-8-14-21)17-25(33-34)20-11-5-3-6-12-20/h3-19,29H,2H2,1H3/b30-19-. The zero-order chi connectivity index (χ0) is 23.6. The maximum Gasteiger partial charge on any atom is 0.273 e. The molecule has 3 aromatic heterocycles. The molecule has 0 saturated carbocycles. The van der Waals surface area contributed by atoms with Gasteiger partial charge in [0.2, 0.25) is 0 Å². The first-order valence-electron chi connectivity index (χ1n) is 11.6. The smallest absolute Gasteiger partial charge is 0.273 e. The third-order valence-electron chi connectivity index (χ3n) is 5.98. The molecule has 0 unspecified atom stereocenters. The summed E-state index contributed by atoms with van der Waals surface area (Å²) in [6, 6.07) is 30.6. The molecule has 0 atom stereocenters. The van der Waals surface area contributed by atoms with E-state index in [0.29, 0.717) is 12.4 Å². The Morgan fingerprint density at radius 2 is 1.57 bits per heavy atom.